The number of piperazine rings is 1. The van der Waals surface area contributed by atoms with Crippen molar-refractivity contribution in [3.8, 4) is 0 Å². The van der Waals surface area contributed by atoms with Gasteiger partial charge in [-0.25, -0.2) is 0 Å². The van der Waals surface area contributed by atoms with Crippen LogP contribution in [0.5, 0.6) is 0 Å². The maximum absolute atomic E-state index is 12.7. The number of aryl methyl sites for hydroxylation is 2. The molecule has 0 spiro atoms. The number of amides is 2. The molecule has 2 aromatic heterocycles. The molecule has 26 heavy (non-hydrogen) atoms. The fourth-order valence-electron chi connectivity index (χ4n) is 2.94. The van der Waals surface area contributed by atoms with Crippen molar-refractivity contribution in [2.24, 2.45) is 0 Å². The zero-order chi connectivity index (χ0) is 18.8. The number of carbonyl (C=O) groups is 2. The Morgan fingerprint density at radius 2 is 1.65 bits per heavy atom. The third-order valence-corrected chi connectivity index (χ3v) is 6.78. The van der Waals surface area contributed by atoms with Crippen molar-refractivity contribution in [2.45, 2.75) is 20.3 Å². The Balaban J connectivity index is 1.61. The van der Waals surface area contributed by atoms with Crippen molar-refractivity contribution in [1.29, 1.82) is 0 Å². The van der Waals surface area contributed by atoms with Crippen LogP contribution in [0, 0.1) is 17.0 Å². The largest absolute Gasteiger partial charge is 0.334 e. The molecule has 3 heterocycles. The summed E-state index contributed by atoms with van der Waals surface area (Å²) in [5, 5.41) is 10.7. The SMILES string of the molecule is CCc1sc(C(=O)N2CCN(C(=O)c3ccc([N+](=O)[O-])s3)CC2)cc1C. The van der Waals surface area contributed by atoms with Gasteiger partial charge in [-0.3, -0.25) is 19.7 Å². The second kappa shape index (κ2) is 7.55. The van der Waals surface area contributed by atoms with Gasteiger partial charge in [0.25, 0.3) is 11.8 Å². The van der Waals surface area contributed by atoms with Gasteiger partial charge in [0.05, 0.1) is 14.7 Å². The predicted molar refractivity (Wildman–Crippen MR) is 101 cm³/mol. The van der Waals surface area contributed by atoms with Crippen molar-refractivity contribution >= 4 is 39.5 Å². The minimum atomic E-state index is -0.494. The van der Waals surface area contributed by atoms with E-state index in [-0.39, 0.29) is 16.8 Å². The van der Waals surface area contributed by atoms with Gasteiger partial charge in [-0.15, -0.1) is 11.3 Å². The number of rotatable bonds is 4. The van der Waals surface area contributed by atoms with Gasteiger partial charge in [-0.1, -0.05) is 18.3 Å². The second-order valence-electron chi connectivity index (χ2n) is 6.05. The molecule has 1 fully saturated rings. The highest BCUT2D eigenvalue weighted by molar-refractivity contribution is 7.17. The molecular weight excluding hydrogens is 374 g/mol. The zero-order valence-electron chi connectivity index (χ0n) is 14.6. The number of nitro groups is 1. The zero-order valence-corrected chi connectivity index (χ0v) is 16.2. The van der Waals surface area contributed by atoms with Crippen molar-refractivity contribution in [3.63, 3.8) is 0 Å². The van der Waals surface area contributed by atoms with Crippen LogP contribution in [-0.2, 0) is 6.42 Å². The molecule has 0 bridgehead atoms. The third-order valence-electron chi connectivity index (χ3n) is 4.39. The van der Waals surface area contributed by atoms with Gasteiger partial charge in [0.2, 0.25) is 0 Å². The topological polar surface area (TPSA) is 83.8 Å². The first-order chi connectivity index (χ1) is 12.4. The van der Waals surface area contributed by atoms with Gasteiger partial charge in [0.1, 0.15) is 0 Å². The first-order valence-electron chi connectivity index (χ1n) is 8.32. The van der Waals surface area contributed by atoms with Gasteiger partial charge in [-0.05, 0) is 31.0 Å². The Kier molecular flexibility index (Phi) is 5.38. The van der Waals surface area contributed by atoms with Crippen LogP contribution >= 0.6 is 22.7 Å². The molecule has 1 aliphatic rings. The van der Waals surface area contributed by atoms with Crippen LogP contribution in [0.25, 0.3) is 0 Å². The molecule has 0 aromatic carbocycles. The van der Waals surface area contributed by atoms with Crippen LogP contribution in [-0.4, -0.2) is 52.7 Å². The number of thiophene rings is 2. The summed E-state index contributed by atoms with van der Waals surface area (Å²) in [7, 11) is 0. The smallest absolute Gasteiger partial charge is 0.324 e. The average Bonchev–Trinajstić information content (AvgIpc) is 3.27. The molecule has 0 aliphatic carbocycles. The van der Waals surface area contributed by atoms with Crippen molar-refractivity contribution in [3.05, 3.63) is 48.5 Å². The fraction of sp³-hybridized carbons (Fsp3) is 0.412. The first-order valence-corrected chi connectivity index (χ1v) is 9.96. The van der Waals surface area contributed by atoms with Crippen LogP contribution in [0.4, 0.5) is 5.00 Å². The average molecular weight is 393 g/mol. The number of hydrogen-bond acceptors (Lipinski definition) is 6. The molecule has 138 valence electrons. The number of carbonyl (C=O) groups excluding carboxylic acids is 2. The highest BCUT2D eigenvalue weighted by atomic mass is 32.1. The van der Waals surface area contributed by atoms with Gasteiger partial charge >= 0.3 is 5.00 Å². The fourth-order valence-corrected chi connectivity index (χ4v) is 4.81. The molecular formula is C17H19N3O4S2. The molecule has 2 aromatic rings. The molecule has 0 unspecified atom stereocenters. The van der Waals surface area contributed by atoms with Gasteiger partial charge in [0.15, 0.2) is 0 Å². The monoisotopic (exact) mass is 393 g/mol. The van der Waals surface area contributed by atoms with Gasteiger partial charge in [-0.2, -0.15) is 0 Å². The summed E-state index contributed by atoms with van der Waals surface area (Å²) >= 11 is 2.42. The second-order valence-corrected chi connectivity index (χ2v) is 8.25. The maximum atomic E-state index is 12.7. The van der Waals surface area contributed by atoms with E-state index in [9.17, 15) is 19.7 Å². The Hall–Kier alpha value is -2.26. The van der Waals surface area contributed by atoms with Crippen molar-refractivity contribution in [2.75, 3.05) is 26.2 Å². The minimum absolute atomic E-state index is 0.0108. The highest BCUT2D eigenvalue weighted by Gasteiger charge is 2.28. The van der Waals surface area contributed by atoms with E-state index in [1.54, 1.807) is 9.80 Å². The normalized spacial score (nSPS) is 14.5. The van der Waals surface area contributed by atoms with E-state index >= 15 is 0 Å². The standard InChI is InChI=1S/C17H19N3O4S2/c1-3-12-11(2)10-14(25-12)17(22)19-8-6-18(7-9-19)16(21)13-4-5-15(26-13)20(23)24/h4-5,10H,3,6-9H2,1-2H3. The highest BCUT2D eigenvalue weighted by Crippen LogP contribution is 2.26. The van der Waals surface area contributed by atoms with E-state index in [0.717, 1.165) is 28.2 Å². The summed E-state index contributed by atoms with van der Waals surface area (Å²) in [4.78, 5) is 41.2. The Bertz CT molecular complexity index is 850. The number of hydrogen-bond donors (Lipinski definition) is 0. The Morgan fingerprint density at radius 1 is 1.08 bits per heavy atom. The minimum Gasteiger partial charge on any atom is -0.334 e. The predicted octanol–water partition coefficient (Wildman–Crippen LogP) is 3.19. The van der Waals surface area contributed by atoms with Gasteiger partial charge < -0.3 is 9.80 Å². The van der Waals surface area contributed by atoms with E-state index in [1.165, 1.54) is 28.3 Å². The molecule has 1 aliphatic heterocycles. The van der Waals surface area contributed by atoms with E-state index < -0.39 is 4.92 Å². The van der Waals surface area contributed by atoms with Crippen molar-refractivity contribution < 1.29 is 14.5 Å². The molecule has 0 radical (unpaired) electrons. The van der Waals surface area contributed by atoms with Crippen LogP contribution in [0.15, 0.2) is 18.2 Å². The Morgan fingerprint density at radius 3 is 2.12 bits per heavy atom. The van der Waals surface area contributed by atoms with Gasteiger partial charge in [0, 0.05) is 37.1 Å². The molecule has 0 N–H and O–H groups in total. The van der Waals surface area contributed by atoms with E-state index in [4.69, 9.17) is 0 Å². The molecule has 0 saturated carbocycles. The third kappa shape index (κ3) is 3.63. The van der Waals surface area contributed by atoms with E-state index in [2.05, 4.69) is 6.92 Å². The lowest BCUT2D eigenvalue weighted by Crippen LogP contribution is -2.50. The number of nitrogens with zero attached hydrogens (tertiary/aromatic N) is 3. The lowest BCUT2D eigenvalue weighted by molar-refractivity contribution is -0.380. The van der Waals surface area contributed by atoms with Crippen LogP contribution in [0.1, 0.15) is 36.7 Å². The van der Waals surface area contributed by atoms with Crippen LogP contribution in [0.3, 0.4) is 0 Å². The summed E-state index contributed by atoms with van der Waals surface area (Å²) in [5.41, 5.74) is 1.15. The van der Waals surface area contributed by atoms with E-state index in [1.807, 2.05) is 13.0 Å². The molecule has 7 nitrogen and oxygen atoms in total. The first kappa shape index (κ1) is 18.5. The molecule has 3 rings (SSSR count). The molecule has 9 heteroatoms. The van der Waals surface area contributed by atoms with Crippen LogP contribution < -0.4 is 0 Å². The molecule has 1 saturated heterocycles. The molecule has 2 amide bonds. The summed E-state index contributed by atoms with van der Waals surface area (Å²) in [6.07, 6.45) is 0.916. The maximum Gasteiger partial charge on any atom is 0.324 e. The Labute approximate surface area is 159 Å². The summed E-state index contributed by atoms with van der Waals surface area (Å²) < 4.78 is 0. The molecule has 0 atom stereocenters. The summed E-state index contributed by atoms with van der Waals surface area (Å²) in [6.45, 7) is 5.89. The summed E-state index contributed by atoms with van der Waals surface area (Å²) in [5.74, 6) is -0.202. The van der Waals surface area contributed by atoms with Crippen molar-refractivity contribution in [1.82, 2.24) is 9.80 Å². The van der Waals surface area contributed by atoms with Crippen LogP contribution in [0.2, 0.25) is 0 Å². The van der Waals surface area contributed by atoms with E-state index in [0.29, 0.717) is 31.1 Å². The lowest BCUT2D eigenvalue weighted by atomic mass is 10.2. The summed E-state index contributed by atoms with van der Waals surface area (Å²) in [6, 6.07) is 4.78. The lowest BCUT2D eigenvalue weighted by Gasteiger charge is -2.34. The quantitative estimate of drug-likeness (QED) is 0.590.